The van der Waals surface area contributed by atoms with Gasteiger partial charge in [-0.2, -0.15) is 0 Å². The molecule has 2 atom stereocenters. The summed E-state index contributed by atoms with van der Waals surface area (Å²) >= 11 is 6.13. The van der Waals surface area contributed by atoms with E-state index >= 15 is 0 Å². The molecular formula is C15H24ClN3. The fraction of sp³-hybridized carbons (Fsp3) is 0.600. The molecule has 0 spiro atoms. The van der Waals surface area contributed by atoms with E-state index in [9.17, 15) is 0 Å². The minimum Gasteiger partial charge on any atom is -0.380 e. The second kappa shape index (κ2) is 6.49. The summed E-state index contributed by atoms with van der Waals surface area (Å²) in [5, 5.41) is 4.44. The summed E-state index contributed by atoms with van der Waals surface area (Å²) in [4.78, 5) is 2.11. The van der Waals surface area contributed by atoms with Crippen molar-refractivity contribution in [1.29, 1.82) is 0 Å². The molecule has 19 heavy (non-hydrogen) atoms. The number of benzene rings is 1. The van der Waals surface area contributed by atoms with Crippen LogP contribution in [0.15, 0.2) is 18.2 Å². The first kappa shape index (κ1) is 14.5. The highest BCUT2D eigenvalue weighted by molar-refractivity contribution is 6.31. The molecule has 1 aliphatic carbocycles. The van der Waals surface area contributed by atoms with Crippen LogP contribution in [-0.4, -0.2) is 26.7 Å². The van der Waals surface area contributed by atoms with Crippen LogP contribution in [0.2, 0.25) is 5.02 Å². The highest BCUT2D eigenvalue weighted by Crippen LogP contribution is 2.32. The van der Waals surface area contributed by atoms with Crippen molar-refractivity contribution in [2.45, 2.75) is 31.7 Å². The predicted octanol–water partition coefficient (Wildman–Crippen LogP) is 3.34. The molecule has 0 aliphatic heterocycles. The average Bonchev–Trinajstić information content (AvgIpc) is 2.39. The van der Waals surface area contributed by atoms with Gasteiger partial charge in [0.25, 0.3) is 0 Å². The Bertz CT molecular complexity index is 420. The van der Waals surface area contributed by atoms with Gasteiger partial charge >= 0.3 is 0 Å². The van der Waals surface area contributed by atoms with Crippen LogP contribution in [0.1, 0.15) is 25.7 Å². The van der Waals surface area contributed by atoms with Crippen LogP contribution >= 0.6 is 11.6 Å². The molecule has 1 saturated carbocycles. The molecule has 3 nitrogen and oxygen atoms in total. The van der Waals surface area contributed by atoms with E-state index in [1.807, 2.05) is 12.1 Å². The lowest BCUT2D eigenvalue weighted by molar-refractivity contribution is 0.333. The van der Waals surface area contributed by atoms with E-state index in [0.29, 0.717) is 12.0 Å². The molecule has 1 aromatic rings. The van der Waals surface area contributed by atoms with Gasteiger partial charge in [-0.25, -0.2) is 0 Å². The highest BCUT2D eigenvalue weighted by atomic mass is 35.5. The third-order valence-corrected chi connectivity index (χ3v) is 4.23. The quantitative estimate of drug-likeness (QED) is 0.889. The molecule has 0 amide bonds. The summed E-state index contributed by atoms with van der Waals surface area (Å²) in [7, 11) is 4.10. The van der Waals surface area contributed by atoms with Gasteiger partial charge in [0.2, 0.25) is 0 Å². The maximum absolute atomic E-state index is 6.13. The molecule has 1 aliphatic rings. The van der Waals surface area contributed by atoms with Gasteiger partial charge in [0.1, 0.15) is 0 Å². The van der Waals surface area contributed by atoms with E-state index in [1.165, 1.54) is 31.4 Å². The molecule has 2 unspecified atom stereocenters. The maximum Gasteiger partial charge on any atom is 0.0597 e. The second-order valence-corrected chi connectivity index (χ2v) is 6.02. The predicted molar refractivity (Wildman–Crippen MR) is 84.2 cm³/mol. The van der Waals surface area contributed by atoms with Crippen LogP contribution in [-0.2, 0) is 0 Å². The lowest BCUT2D eigenvalue weighted by Gasteiger charge is -2.33. The lowest BCUT2D eigenvalue weighted by Crippen LogP contribution is -2.37. The third kappa shape index (κ3) is 3.54. The zero-order valence-corrected chi connectivity index (χ0v) is 12.6. The zero-order chi connectivity index (χ0) is 13.8. The van der Waals surface area contributed by atoms with Crippen LogP contribution < -0.4 is 16.0 Å². The van der Waals surface area contributed by atoms with Crippen LogP contribution in [0.25, 0.3) is 0 Å². The molecule has 1 fully saturated rings. The summed E-state index contributed by atoms with van der Waals surface area (Å²) in [6.45, 7) is 0.759. The average molecular weight is 282 g/mol. The van der Waals surface area contributed by atoms with Crippen molar-refractivity contribution in [3.63, 3.8) is 0 Å². The minimum atomic E-state index is 0.468. The van der Waals surface area contributed by atoms with E-state index in [1.54, 1.807) is 0 Å². The SMILES string of the molecule is CN(C)c1ccc(Cl)cc1NC1CCCCC1CN. The normalized spacial score (nSPS) is 23.2. The molecular weight excluding hydrogens is 258 g/mol. The van der Waals surface area contributed by atoms with E-state index in [2.05, 4.69) is 30.4 Å². The number of nitrogens with two attached hydrogens (primary N) is 1. The van der Waals surface area contributed by atoms with Crippen molar-refractivity contribution in [3.8, 4) is 0 Å². The first-order valence-corrected chi connectivity index (χ1v) is 7.43. The van der Waals surface area contributed by atoms with Crippen LogP contribution in [0, 0.1) is 5.92 Å². The molecule has 4 heteroatoms. The van der Waals surface area contributed by atoms with Crippen molar-refractivity contribution >= 4 is 23.0 Å². The van der Waals surface area contributed by atoms with E-state index in [0.717, 1.165) is 17.3 Å². The summed E-state index contributed by atoms with van der Waals surface area (Å²) in [6.07, 6.45) is 5.01. The van der Waals surface area contributed by atoms with Crippen molar-refractivity contribution in [2.75, 3.05) is 30.9 Å². The van der Waals surface area contributed by atoms with Gasteiger partial charge in [-0.1, -0.05) is 24.4 Å². The number of nitrogens with one attached hydrogen (secondary N) is 1. The summed E-state index contributed by atoms with van der Waals surface area (Å²) in [6, 6.07) is 6.48. The molecule has 0 aromatic heterocycles. The minimum absolute atomic E-state index is 0.468. The molecule has 3 N–H and O–H groups in total. The van der Waals surface area contributed by atoms with Gasteiger partial charge in [-0.15, -0.1) is 0 Å². The van der Waals surface area contributed by atoms with Crippen molar-refractivity contribution in [3.05, 3.63) is 23.2 Å². The number of hydrogen-bond donors (Lipinski definition) is 2. The monoisotopic (exact) mass is 281 g/mol. The van der Waals surface area contributed by atoms with Gasteiger partial charge in [0, 0.05) is 25.2 Å². The summed E-state index contributed by atoms with van der Waals surface area (Å²) in [5.41, 5.74) is 8.18. The van der Waals surface area contributed by atoms with Crippen LogP contribution in [0.4, 0.5) is 11.4 Å². The lowest BCUT2D eigenvalue weighted by atomic mass is 9.84. The Balaban J connectivity index is 2.19. The van der Waals surface area contributed by atoms with Gasteiger partial charge in [0.05, 0.1) is 11.4 Å². The van der Waals surface area contributed by atoms with Gasteiger partial charge < -0.3 is 16.0 Å². The van der Waals surface area contributed by atoms with Crippen molar-refractivity contribution < 1.29 is 0 Å². The Morgan fingerprint density at radius 3 is 2.74 bits per heavy atom. The number of anilines is 2. The Hall–Kier alpha value is -0.930. The third-order valence-electron chi connectivity index (χ3n) is 3.99. The van der Waals surface area contributed by atoms with Gasteiger partial charge in [-0.3, -0.25) is 0 Å². The molecule has 0 saturated heterocycles. The molecule has 0 bridgehead atoms. The Morgan fingerprint density at radius 2 is 2.05 bits per heavy atom. The highest BCUT2D eigenvalue weighted by Gasteiger charge is 2.24. The van der Waals surface area contributed by atoms with Crippen molar-refractivity contribution in [2.24, 2.45) is 11.7 Å². The first-order valence-electron chi connectivity index (χ1n) is 7.05. The largest absolute Gasteiger partial charge is 0.380 e. The summed E-state index contributed by atoms with van der Waals surface area (Å²) in [5.74, 6) is 0.572. The maximum atomic E-state index is 6.13. The molecule has 106 valence electrons. The fourth-order valence-electron chi connectivity index (χ4n) is 2.89. The number of nitrogens with zero attached hydrogens (tertiary/aromatic N) is 1. The number of halogens is 1. The smallest absolute Gasteiger partial charge is 0.0597 e. The molecule has 0 radical (unpaired) electrons. The summed E-state index contributed by atoms with van der Waals surface area (Å²) < 4.78 is 0. The van der Waals surface area contributed by atoms with E-state index < -0.39 is 0 Å². The molecule has 2 rings (SSSR count). The first-order chi connectivity index (χ1) is 9.11. The van der Waals surface area contributed by atoms with Gasteiger partial charge in [-0.05, 0) is 43.5 Å². The van der Waals surface area contributed by atoms with E-state index in [4.69, 9.17) is 17.3 Å². The number of hydrogen-bond acceptors (Lipinski definition) is 3. The van der Waals surface area contributed by atoms with Crippen molar-refractivity contribution in [1.82, 2.24) is 0 Å². The topological polar surface area (TPSA) is 41.3 Å². The second-order valence-electron chi connectivity index (χ2n) is 5.59. The molecule has 1 aromatic carbocycles. The van der Waals surface area contributed by atoms with Crippen LogP contribution in [0.3, 0.4) is 0 Å². The zero-order valence-electron chi connectivity index (χ0n) is 11.8. The number of rotatable bonds is 4. The standard InChI is InChI=1S/C15H24ClN3/c1-19(2)15-8-7-12(16)9-14(15)18-13-6-4-3-5-11(13)10-17/h7-9,11,13,18H,3-6,10,17H2,1-2H3. The Kier molecular flexibility index (Phi) is 4.94. The fourth-order valence-corrected chi connectivity index (χ4v) is 3.07. The van der Waals surface area contributed by atoms with E-state index in [-0.39, 0.29) is 0 Å². The Labute approximate surface area is 121 Å². The van der Waals surface area contributed by atoms with Crippen LogP contribution in [0.5, 0.6) is 0 Å². The Morgan fingerprint density at radius 1 is 1.32 bits per heavy atom. The van der Waals surface area contributed by atoms with Gasteiger partial charge in [0.15, 0.2) is 0 Å². The molecule has 0 heterocycles.